The van der Waals surface area contributed by atoms with E-state index in [1.165, 1.54) is 16.8 Å². The summed E-state index contributed by atoms with van der Waals surface area (Å²) in [6.07, 6.45) is 3.03. The highest BCUT2D eigenvalue weighted by Gasteiger charge is 2.11. The van der Waals surface area contributed by atoms with Crippen molar-refractivity contribution < 1.29 is 13.9 Å². The number of rotatable bonds is 6. The third-order valence-electron chi connectivity index (χ3n) is 4.23. The molecule has 4 aromatic rings. The summed E-state index contributed by atoms with van der Waals surface area (Å²) in [7, 11) is 0. The summed E-state index contributed by atoms with van der Waals surface area (Å²) in [6.45, 7) is 4.05. The van der Waals surface area contributed by atoms with Gasteiger partial charge in [0, 0.05) is 17.8 Å². The Balaban J connectivity index is 1.42. The van der Waals surface area contributed by atoms with Gasteiger partial charge in [0.2, 0.25) is 0 Å². The number of ether oxygens (including phenoxy) is 1. The smallest absolute Gasteiger partial charge is 0.291 e. The van der Waals surface area contributed by atoms with Gasteiger partial charge in [-0.1, -0.05) is 0 Å². The van der Waals surface area contributed by atoms with E-state index in [0.29, 0.717) is 22.9 Å². The van der Waals surface area contributed by atoms with Crippen LogP contribution in [0, 0.1) is 0 Å². The second-order valence-corrected chi connectivity index (χ2v) is 6.66. The number of carbonyl (C=O) groups excluding carboxylic acids is 1. The molecule has 0 aliphatic carbocycles. The minimum absolute atomic E-state index is 0.0911. The zero-order valence-corrected chi connectivity index (χ0v) is 15.9. The maximum atomic E-state index is 12.4. The van der Waals surface area contributed by atoms with E-state index in [2.05, 4.69) is 15.3 Å². The summed E-state index contributed by atoms with van der Waals surface area (Å²) >= 11 is 0. The third kappa shape index (κ3) is 3.88. The number of anilines is 1. The van der Waals surface area contributed by atoms with Crippen molar-refractivity contribution in [3.8, 4) is 5.75 Å². The van der Waals surface area contributed by atoms with Gasteiger partial charge < -0.3 is 14.5 Å². The molecule has 29 heavy (non-hydrogen) atoms. The Labute approximate surface area is 165 Å². The predicted octanol–water partition coefficient (Wildman–Crippen LogP) is 2.90. The Hall–Kier alpha value is -3.88. The summed E-state index contributed by atoms with van der Waals surface area (Å²) in [5.74, 6) is 0.817. The molecule has 0 aliphatic heterocycles. The summed E-state index contributed by atoms with van der Waals surface area (Å²) in [5, 5.41) is 2.73. The number of nitrogens with one attached hydrogen (secondary N) is 1. The average Bonchev–Trinajstić information content (AvgIpc) is 3.37. The highest BCUT2D eigenvalue weighted by Crippen LogP contribution is 2.17. The van der Waals surface area contributed by atoms with Crippen molar-refractivity contribution in [2.75, 3.05) is 5.32 Å². The lowest BCUT2D eigenvalue weighted by molar-refractivity contribution is 0.0996. The fourth-order valence-corrected chi connectivity index (χ4v) is 2.80. The van der Waals surface area contributed by atoms with Crippen molar-refractivity contribution in [1.29, 1.82) is 0 Å². The molecule has 0 spiro atoms. The summed E-state index contributed by atoms with van der Waals surface area (Å²) < 4.78 is 13.9. The molecule has 0 saturated carbocycles. The van der Waals surface area contributed by atoms with Crippen molar-refractivity contribution in [2.24, 2.45) is 0 Å². The van der Waals surface area contributed by atoms with Crippen LogP contribution in [0.15, 0.2) is 64.3 Å². The van der Waals surface area contributed by atoms with Crippen LogP contribution in [0.1, 0.15) is 36.1 Å². The predicted molar refractivity (Wildman–Crippen MR) is 105 cm³/mol. The number of benzene rings is 1. The topological polar surface area (TPSA) is 104 Å². The van der Waals surface area contributed by atoms with E-state index in [9.17, 15) is 9.59 Å². The van der Waals surface area contributed by atoms with Crippen LogP contribution in [0.2, 0.25) is 0 Å². The Morgan fingerprint density at radius 1 is 1.24 bits per heavy atom. The molecule has 0 unspecified atom stereocenters. The minimum Gasteiger partial charge on any atom is -0.487 e. The van der Waals surface area contributed by atoms with E-state index >= 15 is 0 Å². The molecule has 0 saturated heterocycles. The normalized spacial score (nSPS) is 11.1. The van der Waals surface area contributed by atoms with Gasteiger partial charge in [-0.05, 0) is 50.2 Å². The van der Waals surface area contributed by atoms with Crippen LogP contribution >= 0.6 is 0 Å². The first-order chi connectivity index (χ1) is 14.0. The van der Waals surface area contributed by atoms with E-state index in [4.69, 9.17) is 9.15 Å². The Morgan fingerprint density at radius 2 is 2.03 bits per heavy atom. The maximum absolute atomic E-state index is 12.4. The molecule has 9 nitrogen and oxygen atoms in total. The quantitative estimate of drug-likeness (QED) is 0.540. The van der Waals surface area contributed by atoms with E-state index < -0.39 is 0 Å². The number of carbonyl (C=O) groups is 1. The zero-order chi connectivity index (χ0) is 20.4. The molecule has 4 rings (SSSR count). The molecule has 1 amide bonds. The van der Waals surface area contributed by atoms with Gasteiger partial charge in [-0.15, -0.1) is 0 Å². The van der Waals surface area contributed by atoms with E-state index in [1.54, 1.807) is 47.4 Å². The number of furan rings is 1. The lowest BCUT2D eigenvalue weighted by atomic mass is 10.3. The van der Waals surface area contributed by atoms with Crippen LogP contribution < -0.4 is 15.6 Å². The number of amides is 1. The van der Waals surface area contributed by atoms with Crippen LogP contribution in [0.25, 0.3) is 5.78 Å². The lowest BCUT2D eigenvalue weighted by Gasteiger charge is -2.09. The average molecular weight is 393 g/mol. The molecule has 0 atom stereocenters. The van der Waals surface area contributed by atoms with Gasteiger partial charge >= 0.3 is 0 Å². The Bertz CT molecular complexity index is 1190. The van der Waals surface area contributed by atoms with Crippen LogP contribution in [-0.2, 0) is 6.61 Å². The second-order valence-electron chi connectivity index (χ2n) is 6.66. The Kier molecular flexibility index (Phi) is 4.86. The second kappa shape index (κ2) is 7.63. The van der Waals surface area contributed by atoms with Gasteiger partial charge in [-0.25, -0.2) is 4.98 Å². The molecule has 9 heteroatoms. The number of hydrogen-bond acceptors (Lipinski definition) is 6. The van der Waals surface area contributed by atoms with Crippen LogP contribution in [0.5, 0.6) is 5.75 Å². The molecule has 0 bridgehead atoms. The number of aromatic nitrogens is 4. The van der Waals surface area contributed by atoms with Crippen molar-refractivity contribution >= 4 is 17.4 Å². The van der Waals surface area contributed by atoms with Gasteiger partial charge in [-0.2, -0.15) is 9.50 Å². The molecule has 0 fully saturated rings. The maximum Gasteiger partial charge on any atom is 0.291 e. The van der Waals surface area contributed by atoms with E-state index in [-0.39, 0.29) is 29.9 Å². The number of fused-ring (bicyclic) bond motifs is 1. The summed E-state index contributed by atoms with van der Waals surface area (Å²) in [5.41, 5.74) is 0.880. The van der Waals surface area contributed by atoms with Crippen molar-refractivity contribution in [2.45, 2.75) is 26.5 Å². The molecule has 148 valence electrons. The van der Waals surface area contributed by atoms with Crippen molar-refractivity contribution in [1.82, 2.24) is 19.2 Å². The molecule has 3 aromatic heterocycles. The van der Waals surface area contributed by atoms with E-state index in [1.807, 2.05) is 13.8 Å². The largest absolute Gasteiger partial charge is 0.487 e. The number of nitrogens with zero attached hydrogens (tertiary/aromatic N) is 4. The molecule has 0 radical (unpaired) electrons. The van der Waals surface area contributed by atoms with Gasteiger partial charge in [0.05, 0.1) is 12.0 Å². The first-order valence-electron chi connectivity index (χ1n) is 9.05. The summed E-state index contributed by atoms with van der Waals surface area (Å²) in [4.78, 5) is 32.9. The van der Waals surface area contributed by atoms with Crippen LogP contribution in [-0.4, -0.2) is 25.1 Å². The zero-order valence-electron chi connectivity index (χ0n) is 15.9. The summed E-state index contributed by atoms with van der Waals surface area (Å²) in [6, 6.07) is 11.6. The molecule has 1 N–H and O–H groups in total. The molecule has 1 aromatic carbocycles. The molecular formula is C20H19N5O4. The van der Waals surface area contributed by atoms with Gasteiger partial charge in [0.25, 0.3) is 17.2 Å². The highest BCUT2D eigenvalue weighted by molar-refractivity contribution is 6.02. The first kappa shape index (κ1) is 18.5. The standard InChI is InChI=1S/C20H19N5O4/c1-13(2)24-12-21-20-23-15(10-18(26)25(20)24)11-29-16-7-5-14(6-8-16)22-19(27)17-4-3-9-28-17/h3-10,12-13H,11H2,1-2H3,(H,22,27). The lowest BCUT2D eigenvalue weighted by Crippen LogP contribution is -2.23. The third-order valence-corrected chi connectivity index (χ3v) is 4.23. The van der Waals surface area contributed by atoms with Gasteiger partial charge in [-0.3, -0.25) is 14.3 Å². The van der Waals surface area contributed by atoms with Gasteiger partial charge in [0.1, 0.15) is 18.7 Å². The van der Waals surface area contributed by atoms with E-state index in [0.717, 1.165) is 0 Å². The minimum atomic E-state index is -0.331. The highest BCUT2D eigenvalue weighted by atomic mass is 16.5. The van der Waals surface area contributed by atoms with Crippen LogP contribution in [0.3, 0.4) is 0 Å². The van der Waals surface area contributed by atoms with Crippen molar-refractivity contribution in [3.63, 3.8) is 0 Å². The number of hydrogen-bond donors (Lipinski definition) is 1. The molecular weight excluding hydrogens is 374 g/mol. The fourth-order valence-electron chi connectivity index (χ4n) is 2.80. The Morgan fingerprint density at radius 3 is 2.72 bits per heavy atom. The van der Waals surface area contributed by atoms with Crippen LogP contribution in [0.4, 0.5) is 5.69 Å². The first-order valence-corrected chi connectivity index (χ1v) is 9.05. The fraction of sp³-hybridized carbons (Fsp3) is 0.200. The van der Waals surface area contributed by atoms with Gasteiger partial charge in [0.15, 0.2) is 5.76 Å². The molecule has 3 heterocycles. The monoisotopic (exact) mass is 393 g/mol. The molecule has 0 aliphatic rings. The SMILES string of the molecule is CC(C)n1cnc2nc(COc3ccc(NC(=O)c4ccco4)cc3)cc(=O)n21. The van der Waals surface area contributed by atoms with Crippen molar-refractivity contribution in [3.05, 3.63) is 76.9 Å².